The SMILES string of the molecule is O=C(O)c1cccc(CP=NPCc2cccc(C(=O)O)c2)c1. The van der Waals surface area contributed by atoms with Gasteiger partial charge in [0.2, 0.25) is 0 Å². The molecule has 0 amide bonds. The normalized spacial score (nSPS) is 11.3. The molecule has 1 atom stereocenters. The highest BCUT2D eigenvalue weighted by Crippen LogP contribution is 2.26. The fourth-order valence-corrected chi connectivity index (χ4v) is 3.64. The van der Waals surface area contributed by atoms with Crippen molar-refractivity contribution in [1.29, 1.82) is 0 Å². The number of hydrogen-bond acceptors (Lipinski definition) is 3. The molecule has 0 spiro atoms. The van der Waals surface area contributed by atoms with Gasteiger partial charge in [-0.3, -0.25) is 0 Å². The summed E-state index contributed by atoms with van der Waals surface area (Å²) in [6.07, 6.45) is 1.38. The standard InChI is InChI=1S/C16H15NO4P2/c18-15(19)13-5-1-3-11(7-13)9-22-17-23-10-12-4-2-6-14(8-12)16(20)21/h1-8,22H,9-10H2,(H,18,19)(H,20,21). The molecule has 0 saturated heterocycles. The van der Waals surface area contributed by atoms with Crippen LogP contribution in [0.3, 0.4) is 0 Å². The minimum absolute atomic E-state index is 0.283. The molecule has 0 bridgehead atoms. The van der Waals surface area contributed by atoms with E-state index in [1.807, 2.05) is 12.1 Å². The largest absolute Gasteiger partial charge is 0.478 e. The zero-order chi connectivity index (χ0) is 16.7. The van der Waals surface area contributed by atoms with Crippen molar-refractivity contribution < 1.29 is 19.8 Å². The van der Waals surface area contributed by atoms with Crippen LogP contribution in [-0.2, 0) is 12.3 Å². The number of aromatic carboxylic acids is 2. The zero-order valence-electron chi connectivity index (χ0n) is 12.1. The predicted octanol–water partition coefficient (Wildman–Crippen LogP) is 4.51. The Bertz CT molecular complexity index is 746. The Kier molecular flexibility index (Phi) is 6.40. The van der Waals surface area contributed by atoms with Gasteiger partial charge in [0, 0.05) is 29.4 Å². The minimum atomic E-state index is -0.930. The number of benzene rings is 2. The van der Waals surface area contributed by atoms with Crippen LogP contribution in [0.25, 0.3) is 0 Å². The highest BCUT2D eigenvalue weighted by molar-refractivity contribution is 7.44. The quantitative estimate of drug-likeness (QED) is 0.722. The lowest BCUT2D eigenvalue weighted by molar-refractivity contribution is 0.0686. The number of rotatable bonds is 7. The Morgan fingerprint density at radius 2 is 1.52 bits per heavy atom. The minimum Gasteiger partial charge on any atom is -0.478 e. The second-order valence-electron chi connectivity index (χ2n) is 4.75. The summed E-state index contributed by atoms with van der Waals surface area (Å²) >= 11 is 0. The molecule has 2 aromatic rings. The molecule has 2 N–H and O–H groups in total. The number of hydrogen-bond donors (Lipinski definition) is 2. The van der Waals surface area contributed by atoms with Crippen molar-refractivity contribution in [3.63, 3.8) is 0 Å². The first-order chi connectivity index (χ1) is 11.1. The van der Waals surface area contributed by atoms with Crippen LogP contribution in [0.4, 0.5) is 0 Å². The van der Waals surface area contributed by atoms with Gasteiger partial charge < -0.3 is 10.2 Å². The van der Waals surface area contributed by atoms with Gasteiger partial charge >= 0.3 is 11.9 Å². The summed E-state index contributed by atoms with van der Waals surface area (Å²) in [4.78, 5) is 21.8. The van der Waals surface area contributed by atoms with E-state index >= 15 is 0 Å². The van der Waals surface area contributed by atoms with Gasteiger partial charge in [0.05, 0.1) is 11.1 Å². The van der Waals surface area contributed by atoms with Crippen molar-refractivity contribution >= 4 is 29.0 Å². The molecule has 0 heterocycles. The fourth-order valence-electron chi connectivity index (χ4n) is 1.91. The summed E-state index contributed by atoms with van der Waals surface area (Å²) in [5, 5.41) is 17.9. The first-order valence-corrected chi connectivity index (χ1v) is 8.99. The van der Waals surface area contributed by atoms with Gasteiger partial charge in [-0.25, -0.2) is 14.1 Å². The molecule has 0 aliphatic heterocycles. The lowest BCUT2D eigenvalue weighted by Gasteiger charge is -2.00. The Hall–Kier alpha value is -2.09. The topological polar surface area (TPSA) is 87.0 Å². The van der Waals surface area contributed by atoms with Crippen LogP contribution in [0, 0.1) is 0 Å². The summed E-state index contributed by atoms with van der Waals surface area (Å²) in [5.74, 6) is -1.86. The van der Waals surface area contributed by atoms with E-state index in [1.165, 1.54) is 0 Å². The van der Waals surface area contributed by atoms with Crippen LogP contribution in [-0.4, -0.2) is 22.2 Å². The Balaban J connectivity index is 1.86. The predicted molar refractivity (Wildman–Crippen MR) is 91.9 cm³/mol. The number of carboxylic acids is 2. The fraction of sp³-hybridized carbons (Fsp3) is 0.125. The number of carbonyl (C=O) groups is 2. The highest BCUT2D eigenvalue weighted by atomic mass is 31.1. The van der Waals surface area contributed by atoms with Crippen molar-refractivity contribution in [2.45, 2.75) is 12.3 Å². The molecule has 118 valence electrons. The Morgan fingerprint density at radius 3 is 2.13 bits per heavy atom. The van der Waals surface area contributed by atoms with Crippen LogP contribution in [0.5, 0.6) is 0 Å². The Morgan fingerprint density at radius 1 is 0.957 bits per heavy atom. The third-order valence-electron chi connectivity index (χ3n) is 3.03. The van der Waals surface area contributed by atoms with Gasteiger partial charge in [-0.2, -0.15) is 0 Å². The van der Waals surface area contributed by atoms with E-state index < -0.39 is 11.9 Å². The molecule has 1 unspecified atom stereocenters. The van der Waals surface area contributed by atoms with E-state index in [0.717, 1.165) is 19.5 Å². The van der Waals surface area contributed by atoms with Crippen LogP contribution in [0.1, 0.15) is 31.8 Å². The number of nitrogens with zero attached hydrogens (tertiary/aromatic N) is 1. The maximum absolute atomic E-state index is 10.9. The molecular weight excluding hydrogens is 332 g/mol. The molecular formula is C16H15NO4P2. The van der Waals surface area contributed by atoms with Crippen LogP contribution in [0.2, 0.25) is 0 Å². The molecule has 2 rings (SSSR count). The van der Waals surface area contributed by atoms with Crippen LogP contribution in [0.15, 0.2) is 53.0 Å². The molecule has 0 aliphatic rings. The van der Waals surface area contributed by atoms with Gasteiger partial charge in [-0.1, -0.05) is 24.3 Å². The van der Waals surface area contributed by atoms with Crippen molar-refractivity contribution in [1.82, 2.24) is 0 Å². The maximum atomic E-state index is 10.9. The van der Waals surface area contributed by atoms with Crippen molar-refractivity contribution in [3.8, 4) is 0 Å². The lowest BCUT2D eigenvalue weighted by atomic mass is 10.1. The van der Waals surface area contributed by atoms with Gasteiger partial charge in [-0.05, 0) is 35.4 Å². The van der Waals surface area contributed by atoms with E-state index in [4.69, 9.17) is 10.2 Å². The average Bonchev–Trinajstić information content (AvgIpc) is 2.55. The third-order valence-corrected chi connectivity index (χ3v) is 5.23. The monoisotopic (exact) mass is 347 g/mol. The first-order valence-electron chi connectivity index (χ1n) is 6.80. The summed E-state index contributed by atoms with van der Waals surface area (Å²) in [6, 6.07) is 13.7. The van der Waals surface area contributed by atoms with Crippen molar-refractivity contribution in [3.05, 3.63) is 70.8 Å². The van der Waals surface area contributed by atoms with Crippen molar-refractivity contribution in [2.75, 3.05) is 0 Å². The number of carboxylic acid groups (broad SMARTS) is 2. The molecule has 2 aromatic carbocycles. The smallest absolute Gasteiger partial charge is 0.335 e. The average molecular weight is 347 g/mol. The molecule has 0 fully saturated rings. The highest BCUT2D eigenvalue weighted by Gasteiger charge is 2.03. The zero-order valence-corrected chi connectivity index (χ0v) is 14.0. The van der Waals surface area contributed by atoms with Crippen LogP contribution < -0.4 is 0 Å². The first kappa shape index (κ1) is 17.3. The van der Waals surface area contributed by atoms with Crippen molar-refractivity contribution in [2.24, 2.45) is 4.52 Å². The second-order valence-corrected chi connectivity index (χ2v) is 6.81. The summed E-state index contributed by atoms with van der Waals surface area (Å²) in [7, 11) is 1.23. The van der Waals surface area contributed by atoms with E-state index in [9.17, 15) is 9.59 Å². The molecule has 5 nitrogen and oxygen atoms in total. The van der Waals surface area contributed by atoms with E-state index in [2.05, 4.69) is 4.52 Å². The molecule has 0 saturated carbocycles. The molecule has 0 radical (unpaired) electrons. The molecule has 23 heavy (non-hydrogen) atoms. The third kappa shape index (κ3) is 5.55. The molecule has 7 heteroatoms. The summed E-state index contributed by atoms with van der Waals surface area (Å²) < 4.78 is 4.42. The van der Waals surface area contributed by atoms with E-state index in [1.54, 1.807) is 36.4 Å². The van der Waals surface area contributed by atoms with Crippen LogP contribution >= 0.6 is 17.1 Å². The van der Waals surface area contributed by atoms with E-state index in [0.29, 0.717) is 21.1 Å². The Labute approximate surface area is 137 Å². The second kappa shape index (κ2) is 8.52. The molecule has 0 aliphatic carbocycles. The summed E-state index contributed by atoms with van der Waals surface area (Å²) in [5.41, 5.74) is 2.46. The van der Waals surface area contributed by atoms with Gasteiger partial charge in [-0.15, -0.1) is 0 Å². The van der Waals surface area contributed by atoms with Gasteiger partial charge in [0.25, 0.3) is 0 Å². The van der Waals surface area contributed by atoms with Gasteiger partial charge in [0.1, 0.15) is 0 Å². The summed E-state index contributed by atoms with van der Waals surface area (Å²) in [6.45, 7) is 0. The molecule has 0 aromatic heterocycles. The lowest BCUT2D eigenvalue weighted by Crippen LogP contribution is -1.96. The van der Waals surface area contributed by atoms with E-state index in [-0.39, 0.29) is 11.1 Å². The maximum Gasteiger partial charge on any atom is 0.335 e. The van der Waals surface area contributed by atoms with Gasteiger partial charge in [0.15, 0.2) is 0 Å².